The summed E-state index contributed by atoms with van der Waals surface area (Å²) in [4.78, 5) is 14.5. The molecule has 21 heavy (non-hydrogen) atoms. The van der Waals surface area contributed by atoms with E-state index in [0.717, 1.165) is 30.3 Å². The number of benzene rings is 1. The number of hydrogen-bond donors (Lipinski definition) is 1. The maximum absolute atomic E-state index is 12.4. The number of rotatable bonds is 5. The van der Waals surface area contributed by atoms with Crippen molar-refractivity contribution in [3.05, 3.63) is 34.3 Å². The highest BCUT2D eigenvalue weighted by molar-refractivity contribution is 9.10. The van der Waals surface area contributed by atoms with E-state index in [0.29, 0.717) is 12.6 Å². The Kier molecular flexibility index (Phi) is 6.24. The SMILES string of the molecule is CCC1CCCCN1C(=O)CNC(C)c1ccccc1Br. The fraction of sp³-hybridized carbons (Fsp3) is 0.588. The first-order valence-corrected chi connectivity index (χ1v) is 8.70. The van der Waals surface area contributed by atoms with E-state index in [-0.39, 0.29) is 11.9 Å². The number of halogens is 1. The number of likely N-dealkylation sites (tertiary alicyclic amines) is 1. The van der Waals surface area contributed by atoms with Gasteiger partial charge in [0, 0.05) is 23.1 Å². The zero-order chi connectivity index (χ0) is 15.2. The average molecular weight is 353 g/mol. The zero-order valence-corrected chi connectivity index (χ0v) is 14.5. The maximum Gasteiger partial charge on any atom is 0.236 e. The molecule has 116 valence electrons. The monoisotopic (exact) mass is 352 g/mol. The molecule has 1 fully saturated rings. The first kappa shape index (κ1) is 16.5. The highest BCUT2D eigenvalue weighted by Gasteiger charge is 2.25. The lowest BCUT2D eigenvalue weighted by molar-refractivity contribution is -0.134. The molecule has 1 N–H and O–H groups in total. The molecule has 0 aliphatic carbocycles. The summed E-state index contributed by atoms with van der Waals surface area (Å²) in [5, 5.41) is 3.36. The van der Waals surface area contributed by atoms with Gasteiger partial charge in [-0.15, -0.1) is 0 Å². The Hall–Kier alpha value is -0.870. The van der Waals surface area contributed by atoms with Crippen molar-refractivity contribution < 1.29 is 4.79 Å². The van der Waals surface area contributed by atoms with E-state index in [2.05, 4.69) is 46.1 Å². The molecule has 0 bridgehead atoms. The fourth-order valence-electron chi connectivity index (χ4n) is 3.03. The summed E-state index contributed by atoms with van der Waals surface area (Å²) in [6.45, 7) is 5.61. The summed E-state index contributed by atoms with van der Waals surface area (Å²) in [5.74, 6) is 0.237. The van der Waals surface area contributed by atoms with Crippen LogP contribution in [0.2, 0.25) is 0 Å². The van der Waals surface area contributed by atoms with Gasteiger partial charge in [0.05, 0.1) is 6.54 Å². The van der Waals surface area contributed by atoms with Gasteiger partial charge in [0.15, 0.2) is 0 Å². The fourth-order valence-corrected chi connectivity index (χ4v) is 3.66. The maximum atomic E-state index is 12.4. The van der Waals surface area contributed by atoms with Crippen LogP contribution in [-0.2, 0) is 4.79 Å². The van der Waals surface area contributed by atoms with Crippen molar-refractivity contribution in [2.75, 3.05) is 13.1 Å². The largest absolute Gasteiger partial charge is 0.339 e. The van der Waals surface area contributed by atoms with Gasteiger partial charge in [-0.2, -0.15) is 0 Å². The Morgan fingerprint density at radius 2 is 2.19 bits per heavy atom. The molecule has 1 aliphatic heterocycles. The number of carbonyl (C=O) groups is 1. The third kappa shape index (κ3) is 4.30. The highest BCUT2D eigenvalue weighted by atomic mass is 79.9. The first-order valence-electron chi connectivity index (χ1n) is 7.90. The second-order valence-electron chi connectivity index (χ2n) is 5.77. The number of piperidine rings is 1. The van der Waals surface area contributed by atoms with E-state index >= 15 is 0 Å². The van der Waals surface area contributed by atoms with Gasteiger partial charge in [0.25, 0.3) is 0 Å². The second-order valence-corrected chi connectivity index (χ2v) is 6.62. The number of nitrogens with zero attached hydrogens (tertiary/aromatic N) is 1. The van der Waals surface area contributed by atoms with Crippen molar-refractivity contribution in [2.45, 2.75) is 51.6 Å². The molecule has 1 aromatic rings. The van der Waals surface area contributed by atoms with Crippen LogP contribution >= 0.6 is 15.9 Å². The van der Waals surface area contributed by atoms with Crippen LogP contribution in [0.25, 0.3) is 0 Å². The van der Waals surface area contributed by atoms with Crippen molar-refractivity contribution in [1.82, 2.24) is 10.2 Å². The van der Waals surface area contributed by atoms with Crippen LogP contribution < -0.4 is 5.32 Å². The molecular weight excluding hydrogens is 328 g/mol. The van der Waals surface area contributed by atoms with Gasteiger partial charge in [-0.25, -0.2) is 0 Å². The van der Waals surface area contributed by atoms with Gasteiger partial charge in [-0.1, -0.05) is 41.1 Å². The van der Waals surface area contributed by atoms with Crippen LogP contribution in [0.5, 0.6) is 0 Å². The minimum atomic E-state index is 0.161. The van der Waals surface area contributed by atoms with Crippen molar-refractivity contribution in [3.8, 4) is 0 Å². The number of nitrogens with one attached hydrogen (secondary N) is 1. The lowest BCUT2D eigenvalue weighted by Crippen LogP contribution is -2.47. The Balaban J connectivity index is 1.90. The topological polar surface area (TPSA) is 32.3 Å². The van der Waals surface area contributed by atoms with Gasteiger partial charge in [0.2, 0.25) is 5.91 Å². The van der Waals surface area contributed by atoms with Crippen molar-refractivity contribution in [2.24, 2.45) is 0 Å². The zero-order valence-electron chi connectivity index (χ0n) is 12.9. The normalized spacial score (nSPS) is 20.3. The molecule has 1 aliphatic rings. The molecule has 0 saturated carbocycles. The molecule has 4 heteroatoms. The lowest BCUT2D eigenvalue weighted by Gasteiger charge is -2.35. The van der Waals surface area contributed by atoms with E-state index in [1.165, 1.54) is 12.0 Å². The number of amides is 1. The molecular formula is C17H25BrN2O. The molecule has 0 radical (unpaired) electrons. The van der Waals surface area contributed by atoms with E-state index < -0.39 is 0 Å². The van der Waals surface area contributed by atoms with Crippen molar-refractivity contribution in [3.63, 3.8) is 0 Å². The van der Waals surface area contributed by atoms with Crippen LogP contribution in [0.4, 0.5) is 0 Å². The summed E-state index contributed by atoms with van der Waals surface area (Å²) in [6, 6.07) is 8.75. The summed E-state index contributed by atoms with van der Waals surface area (Å²) in [6.07, 6.45) is 4.61. The van der Waals surface area contributed by atoms with E-state index in [1.54, 1.807) is 0 Å². The third-order valence-corrected chi connectivity index (χ3v) is 5.07. The van der Waals surface area contributed by atoms with Crippen molar-refractivity contribution in [1.29, 1.82) is 0 Å². The van der Waals surface area contributed by atoms with E-state index in [1.807, 2.05) is 18.2 Å². The Labute approximate surface area is 136 Å². The van der Waals surface area contributed by atoms with Gasteiger partial charge in [-0.05, 0) is 44.2 Å². The molecule has 1 saturated heterocycles. The summed E-state index contributed by atoms with van der Waals surface area (Å²) in [7, 11) is 0. The summed E-state index contributed by atoms with van der Waals surface area (Å²) in [5.41, 5.74) is 1.19. The summed E-state index contributed by atoms with van der Waals surface area (Å²) >= 11 is 3.57. The molecule has 1 amide bonds. The molecule has 3 nitrogen and oxygen atoms in total. The Bertz CT molecular complexity index is 478. The molecule has 0 aromatic heterocycles. The smallest absolute Gasteiger partial charge is 0.236 e. The Morgan fingerprint density at radius 3 is 2.90 bits per heavy atom. The standard InChI is InChI=1S/C17H25BrN2O/c1-3-14-8-6-7-11-20(14)17(21)12-19-13(2)15-9-4-5-10-16(15)18/h4-5,9-10,13-14,19H,3,6-8,11-12H2,1-2H3. The van der Waals surface area contributed by atoms with E-state index in [4.69, 9.17) is 0 Å². The average Bonchev–Trinajstić information content (AvgIpc) is 2.52. The van der Waals surface area contributed by atoms with Gasteiger partial charge < -0.3 is 10.2 Å². The van der Waals surface area contributed by atoms with Crippen LogP contribution in [-0.4, -0.2) is 29.9 Å². The number of hydrogen-bond acceptors (Lipinski definition) is 2. The minimum Gasteiger partial charge on any atom is -0.339 e. The first-order chi connectivity index (χ1) is 10.1. The predicted octanol–water partition coefficient (Wildman–Crippen LogP) is 3.89. The number of carbonyl (C=O) groups excluding carboxylic acids is 1. The predicted molar refractivity (Wildman–Crippen MR) is 90.2 cm³/mol. The second kappa shape index (κ2) is 7.95. The molecule has 0 spiro atoms. The molecule has 1 heterocycles. The van der Waals surface area contributed by atoms with E-state index in [9.17, 15) is 4.79 Å². The Morgan fingerprint density at radius 1 is 1.43 bits per heavy atom. The lowest BCUT2D eigenvalue weighted by atomic mass is 10.00. The van der Waals surface area contributed by atoms with Gasteiger partial charge in [0.1, 0.15) is 0 Å². The molecule has 2 unspecified atom stereocenters. The van der Waals surface area contributed by atoms with Crippen LogP contribution in [0.15, 0.2) is 28.7 Å². The van der Waals surface area contributed by atoms with Crippen LogP contribution in [0, 0.1) is 0 Å². The van der Waals surface area contributed by atoms with Crippen LogP contribution in [0.1, 0.15) is 51.1 Å². The molecule has 2 atom stereocenters. The van der Waals surface area contributed by atoms with Gasteiger partial charge in [-0.3, -0.25) is 4.79 Å². The highest BCUT2D eigenvalue weighted by Crippen LogP contribution is 2.23. The molecule has 2 rings (SSSR count). The van der Waals surface area contributed by atoms with Gasteiger partial charge >= 0.3 is 0 Å². The summed E-state index contributed by atoms with van der Waals surface area (Å²) < 4.78 is 1.09. The van der Waals surface area contributed by atoms with Crippen LogP contribution in [0.3, 0.4) is 0 Å². The quantitative estimate of drug-likeness (QED) is 0.871. The molecule has 1 aromatic carbocycles. The van der Waals surface area contributed by atoms with Crippen molar-refractivity contribution >= 4 is 21.8 Å². The third-order valence-electron chi connectivity index (χ3n) is 4.35. The minimum absolute atomic E-state index is 0.161.